The Morgan fingerprint density at radius 1 is 1.40 bits per heavy atom. The van der Waals surface area contributed by atoms with Crippen LogP contribution in [0, 0.1) is 20.8 Å². The average Bonchev–Trinajstić information content (AvgIpc) is 2.68. The molecule has 20 heavy (non-hydrogen) atoms. The molecule has 1 unspecified atom stereocenters. The van der Waals surface area contributed by atoms with Crippen LogP contribution in [-0.4, -0.2) is 15.9 Å². The van der Waals surface area contributed by atoms with Gasteiger partial charge in [-0.15, -0.1) is 11.3 Å². The Balaban J connectivity index is 2.19. The molecule has 0 fully saturated rings. The highest BCUT2D eigenvalue weighted by molar-refractivity contribution is 7.11. The summed E-state index contributed by atoms with van der Waals surface area (Å²) >= 11 is 1.60. The first kappa shape index (κ1) is 14.5. The zero-order valence-electron chi connectivity index (χ0n) is 11.9. The number of amides is 1. The van der Waals surface area contributed by atoms with E-state index in [9.17, 15) is 9.59 Å². The van der Waals surface area contributed by atoms with Gasteiger partial charge >= 0.3 is 0 Å². The highest BCUT2D eigenvalue weighted by atomic mass is 32.1. The normalized spacial score (nSPS) is 12.2. The van der Waals surface area contributed by atoms with Crippen LogP contribution in [0.4, 0.5) is 0 Å². The van der Waals surface area contributed by atoms with Crippen LogP contribution in [0.5, 0.6) is 0 Å². The minimum atomic E-state index is -0.385. The molecule has 0 aliphatic carbocycles. The number of aryl methyl sites for hydroxylation is 3. The minimum absolute atomic E-state index is 0.118. The Labute approximate surface area is 121 Å². The lowest BCUT2D eigenvalue weighted by Crippen LogP contribution is -2.31. The van der Waals surface area contributed by atoms with Crippen LogP contribution in [0.2, 0.25) is 0 Å². The Kier molecular flexibility index (Phi) is 4.04. The summed E-state index contributed by atoms with van der Waals surface area (Å²) in [7, 11) is 0. The maximum Gasteiger partial charge on any atom is 0.257 e. The van der Waals surface area contributed by atoms with E-state index in [-0.39, 0.29) is 22.9 Å². The van der Waals surface area contributed by atoms with Gasteiger partial charge in [0.25, 0.3) is 5.91 Å². The van der Waals surface area contributed by atoms with E-state index >= 15 is 0 Å². The van der Waals surface area contributed by atoms with Gasteiger partial charge < -0.3 is 10.3 Å². The Bertz CT molecular complexity index is 703. The smallest absolute Gasteiger partial charge is 0.257 e. The van der Waals surface area contributed by atoms with Gasteiger partial charge in [0.1, 0.15) is 5.56 Å². The number of nitrogens with one attached hydrogen (secondary N) is 2. The highest BCUT2D eigenvalue weighted by Gasteiger charge is 2.18. The molecule has 0 aliphatic rings. The molecule has 1 atom stereocenters. The maximum atomic E-state index is 12.1. The third-order valence-corrected chi connectivity index (χ3v) is 3.90. The van der Waals surface area contributed by atoms with Crippen molar-refractivity contribution >= 4 is 17.2 Å². The molecule has 2 aromatic heterocycles. The van der Waals surface area contributed by atoms with Gasteiger partial charge in [0.05, 0.1) is 16.7 Å². The fourth-order valence-electron chi connectivity index (χ4n) is 2.04. The molecule has 0 aliphatic heterocycles. The SMILES string of the molecule is Cc1cc(=O)c(C(=O)NC(C)c2nc(C)sc2C)c[nH]1. The standard InChI is InChI=1S/C14H17N3O2S/c1-7-5-12(18)11(6-15-7)14(19)16-8(2)13-9(3)20-10(4)17-13/h5-6,8H,1-4H3,(H,15,18)(H,16,19). The molecular formula is C14H17N3O2S. The molecule has 5 nitrogen and oxygen atoms in total. The Hall–Kier alpha value is -1.95. The van der Waals surface area contributed by atoms with Gasteiger partial charge in [-0.2, -0.15) is 0 Å². The summed E-state index contributed by atoms with van der Waals surface area (Å²) in [4.78, 5) is 32.3. The van der Waals surface area contributed by atoms with Crippen LogP contribution < -0.4 is 10.7 Å². The molecule has 2 aromatic rings. The third-order valence-electron chi connectivity index (χ3n) is 3.00. The number of aromatic nitrogens is 2. The van der Waals surface area contributed by atoms with Crippen molar-refractivity contribution in [1.29, 1.82) is 0 Å². The number of carbonyl (C=O) groups is 1. The molecule has 0 saturated heterocycles. The number of carbonyl (C=O) groups excluding carboxylic acids is 1. The van der Waals surface area contributed by atoms with E-state index in [1.54, 1.807) is 18.3 Å². The molecule has 0 aromatic carbocycles. The summed E-state index contributed by atoms with van der Waals surface area (Å²) in [6.45, 7) is 7.54. The van der Waals surface area contributed by atoms with E-state index in [1.807, 2.05) is 20.8 Å². The van der Waals surface area contributed by atoms with Gasteiger partial charge in [-0.25, -0.2) is 4.98 Å². The lowest BCUT2D eigenvalue weighted by molar-refractivity contribution is 0.0937. The quantitative estimate of drug-likeness (QED) is 0.910. The van der Waals surface area contributed by atoms with Gasteiger partial charge in [0.2, 0.25) is 0 Å². The first-order valence-electron chi connectivity index (χ1n) is 6.32. The lowest BCUT2D eigenvalue weighted by atomic mass is 10.2. The predicted octanol–water partition coefficient (Wildman–Crippen LogP) is 2.25. The lowest BCUT2D eigenvalue weighted by Gasteiger charge is -2.12. The van der Waals surface area contributed by atoms with Crippen molar-refractivity contribution < 1.29 is 4.79 Å². The molecule has 0 spiro atoms. The second-order valence-electron chi connectivity index (χ2n) is 4.76. The second kappa shape index (κ2) is 5.58. The van der Waals surface area contributed by atoms with Crippen molar-refractivity contribution in [2.45, 2.75) is 33.7 Å². The van der Waals surface area contributed by atoms with E-state index in [0.717, 1.165) is 21.3 Å². The van der Waals surface area contributed by atoms with E-state index in [2.05, 4.69) is 15.3 Å². The maximum absolute atomic E-state index is 12.1. The number of nitrogens with zero attached hydrogens (tertiary/aromatic N) is 1. The molecule has 0 saturated carbocycles. The predicted molar refractivity (Wildman–Crippen MR) is 79.3 cm³/mol. The van der Waals surface area contributed by atoms with Crippen molar-refractivity contribution in [3.63, 3.8) is 0 Å². The molecule has 2 rings (SSSR count). The summed E-state index contributed by atoms with van der Waals surface area (Å²) in [5.74, 6) is -0.385. The first-order chi connectivity index (χ1) is 9.38. The second-order valence-corrected chi connectivity index (χ2v) is 6.17. The van der Waals surface area contributed by atoms with Crippen LogP contribution >= 0.6 is 11.3 Å². The molecule has 2 N–H and O–H groups in total. The van der Waals surface area contributed by atoms with Gasteiger partial charge in [-0.05, 0) is 27.7 Å². The van der Waals surface area contributed by atoms with Crippen molar-refractivity contribution in [3.05, 3.63) is 49.3 Å². The number of aromatic amines is 1. The van der Waals surface area contributed by atoms with Gasteiger partial charge in [0, 0.05) is 22.8 Å². The number of H-pyrrole nitrogens is 1. The fourth-order valence-corrected chi connectivity index (χ4v) is 2.95. The zero-order chi connectivity index (χ0) is 14.9. The Morgan fingerprint density at radius 2 is 2.10 bits per heavy atom. The van der Waals surface area contributed by atoms with E-state index in [0.29, 0.717) is 0 Å². The first-order valence-corrected chi connectivity index (χ1v) is 7.14. The highest BCUT2D eigenvalue weighted by Crippen LogP contribution is 2.22. The molecule has 0 radical (unpaired) electrons. The van der Waals surface area contributed by atoms with Crippen molar-refractivity contribution in [1.82, 2.24) is 15.3 Å². The van der Waals surface area contributed by atoms with Crippen LogP contribution in [-0.2, 0) is 0 Å². The van der Waals surface area contributed by atoms with E-state index in [4.69, 9.17) is 0 Å². The van der Waals surface area contributed by atoms with E-state index in [1.165, 1.54) is 12.3 Å². The molecule has 106 valence electrons. The van der Waals surface area contributed by atoms with Crippen molar-refractivity contribution in [2.75, 3.05) is 0 Å². The number of rotatable bonds is 3. The summed E-state index contributed by atoms with van der Waals surface area (Å²) in [5, 5.41) is 3.78. The van der Waals surface area contributed by atoms with Gasteiger partial charge in [-0.1, -0.05) is 0 Å². The molecular weight excluding hydrogens is 274 g/mol. The van der Waals surface area contributed by atoms with Gasteiger partial charge in [0.15, 0.2) is 5.43 Å². The minimum Gasteiger partial charge on any atom is -0.364 e. The number of hydrogen-bond donors (Lipinski definition) is 2. The molecule has 6 heteroatoms. The summed E-state index contributed by atoms with van der Waals surface area (Å²) in [5.41, 5.74) is 1.42. The van der Waals surface area contributed by atoms with Crippen LogP contribution in [0.1, 0.15) is 44.6 Å². The zero-order valence-corrected chi connectivity index (χ0v) is 12.7. The molecule has 2 heterocycles. The molecule has 0 bridgehead atoms. The molecule has 1 amide bonds. The third kappa shape index (κ3) is 2.96. The topological polar surface area (TPSA) is 74.8 Å². The summed E-state index contributed by atoms with van der Waals surface area (Å²) < 4.78 is 0. The van der Waals surface area contributed by atoms with Crippen molar-refractivity contribution in [2.24, 2.45) is 0 Å². The van der Waals surface area contributed by atoms with Crippen LogP contribution in [0.3, 0.4) is 0 Å². The summed E-state index contributed by atoms with van der Waals surface area (Å²) in [6, 6.07) is 1.19. The van der Waals surface area contributed by atoms with Crippen LogP contribution in [0.15, 0.2) is 17.1 Å². The van der Waals surface area contributed by atoms with Crippen LogP contribution in [0.25, 0.3) is 0 Å². The Morgan fingerprint density at radius 3 is 2.65 bits per heavy atom. The largest absolute Gasteiger partial charge is 0.364 e. The van der Waals surface area contributed by atoms with E-state index < -0.39 is 0 Å². The fraction of sp³-hybridized carbons (Fsp3) is 0.357. The monoisotopic (exact) mass is 291 g/mol. The van der Waals surface area contributed by atoms with Gasteiger partial charge in [-0.3, -0.25) is 9.59 Å². The number of hydrogen-bond acceptors (Lipinski definition) is 4. The summed E-state index contributed by atoms with van der Waals surface area (Å²) in [6.07, 6.45) is 1.44. The van der Waals surface area contributed by atoms with Crippen molar-refractivity contribution in [3.8, 4) is 0 Å². The number of thiazole rings is 1. The number of pyridine rings is 1. The average molecular weight is 291 g/mol.